The second kappa shape index (κ2) is 5.74. The van der Waals surface area contributed by atoms with Crippen molar-refractivity contribution in [2.45, 2.75) is 6.42 Å². The maximum atomic E-state index is 5.12. The molecule has 0 aromatic rings. The van der Waals surface area contributed by atoms with Gasteiger partial charge in [-0.1, -0.05) is 0 Å². The average molecular weight is 149 g/mol. The van der Waals surface area contributed by atoms with Crippen molar-refractivity contribution in [2.24, 2.45) is 11.6 Å². The van der Waals surface area contributed by atoms with E-state index < -0.39 is 0 Å². The van der Waals surface area contributed by atoms with Crippen molar-refractivity contribution >= 4 is 17.3 Å². The lowest BCUT2D eigenvalue weighted by atomic mass is 10.4. The molecule has 0 aromatic heterocycles. The first-order valence-electron chi connectivity index (χ1n) is 2.62. The van der Waals surface area contributed by atoms with Crippen molar-refractivity contribution in [1.29, 1.82) is 0 Å². The zero-order valence-electron chi connectivity index (χ0n) is 5.09. The van der Waals surface area contributed by atoms with Crippen LogP contribution in [0.2, 0.25) is 0 Å². The van der Waals surface area contributed by atoms with Gasteiger partial charge in [0.15, 0.2) is 5.11 Å². The summed E-state index contributed by atoms with van der Waals surface area (Å²) in [7, 11) is 0. The summed E-state index contributed by atoms with van der Waals surface area (Å²) in [6.45, 7) is 1.24. The monoisotopic (exact) mass is 149 g/mol. The molecule has 0 fully saturated rings. The Bertz CT molecular complexity index is 87.9. The van der Waals surface area contributed by atoms with Gasteiger partial charge >= 0.3 is 0 Å². The van der Waals surface area contributed by atoms with Gasteiger partial charge in [-0.05, 0) is 18.6 Å². The largest absolute Gasteiger partial charge is 0.376 e. The van der Waals surface area contributed by atoms with Crippen LogP contribution in [-0.4, -0.2) is 18.3 Å². The fourth-order valence-electron chi connectivity index (χ4n) is 0.367. The van der Waals surface area contributed by atoms with Gasteiger partial charge in [0.2, 0.25) is 0 Å². The molecule has 0 heterocycles. The van der Waals surface area contributed by atoms with Gasteiger partial charge in [0.25, 0.3) is 0 Å². The highest BCUT2D eigenvalue weighted by atomic mass is 32.1. The Morgan fingerprint density at radius 2 is 2.33 bits per heavy atom. The lowest BCUT2D eigenvalue weighted by molar-refractivity contribution is 0.136. The van der Waals surface area contributed by atoms with Gasteiger partial charge in [-0.15, -0.1) is 0 Å². The van der Waals surface area contributed by atoms with Crippen molar-refractivity contribution < 1.29 is 4.84 Å². The van der Waals surface area contributed by atoms with Crippen LogP contribution in [0, 0.1) is 0 Å². The molecule has 0 aliphatic carbocycles. The molecule has 0 bridgehead atoms. The van der Waals surface area contributed by atoms with E-state index in [-0.39, 0.29) is 0 Å². The molecule has 0 aliphatic heterocycles. The Hall–Kier alpha value is -0.390. The molecule has 9 heavy (non-hydrogen) atoms. The van der Waals surface area contributed by atoms with Crippen molar-refractivity contribution in [3.8, 4) is 0 Å². The summed E-state index contributed by atoms with van der Waals surface area (Å²) in [5.41, 5.74) is 5.12. The van der Waals surface area contributed by atoms with Crippen LogP contribution >= 0.6 is 12.2 Å². The molecule has 54 valence electrons. The molecule has 0 aromatic carbocycles. The molecule has 0 atom stereocenters. The third-order valence-electron chi connectivity index (χ3n) is 0.738. The fourth-order valence-corrected chi connectivity index (χ4v) is 0.469. The summed E-state index contributed by atoms with van der Waals surface area (Å²) in [4.78, 5) is 4.30. The first kappa shape index (κ1) is 8.61. The summed E-state index contributed by atoms with van der Waals surface area (Å²) in [5, 5.41) is 3.07. The molecule has 0 amide bonds. The molecule has 5 heteroatoms. The molecule has 5 N–H and O–H groups in total. The Labute approximate surface area is 59.5 Å². The van der Waals surface area contributed by atoms with Crippen molar-refractivity contribution in [2.75, 3.05) is 13.2 Å². The summed E-state index contributed by atoms with van der Waals surface area (Å²) in [5.74, 6) is 4.75. The average Bonchev–Trinajstić information content (AvgIpc) is 1.80. The van der Waals surface area contributed by atoms with E-state index in [0.717, 1.165) is 6.42 Å². The molecule has 0 saturated heterocycles. The van der Waals surface area contributed by atoms with Gasteiger partial charge in [-0.3, -0.25) is 0 Å². The Kier molecular flexibility index (Phi) is 5.49. The Balaban J connectivity index is 2.83. The quantitative estimate of drug-likeness (QED) is 0.274. The van der Waals surface area contributed by atoms with Crippen LogP contribution in [0.1, 0.15) is 6.42 Å². The molecule has 0 spiro atoms. The van der Waals surface area contributed by atoms with Crippen LogP contribution in [0.25, 0.3) is 0 Å². The van der Waals surface area contributed by atoms with Crippen LogP contribution < -0.4 is 16.9 Å². The second-order valence-electron chi connectivity index (χ2n) is 1.52. The number of hydrogen-bond acceptors (Lipinski definition) is 3. The standard InChI is InChI=1S/C4H11N3OS/c5-4(9)7-2-1-3-8-6/h1-3,6H2,(H3,5,7,9). The maximum Gasteiger partial charge on any atom is 0.163 e. The minimum Gasteiger partial charge on any atom is -0.376 e. The van der Waals surface area contributed by atoms with Gasteiger partial charge in [0, 0.05) is 6.54 Å². The topological polar surface area (TPSA) is 73.3 Å². The van der Waals surface area contributed by atoms with E-state index in [0.29, 0.717) is 18.3 Å². The van der Waals surface area contributed by atoms with Gasteiger partial charge in [0.1, 0.15) is 0 Å². The highest BCUT2D eigenvalue weighted by molar-refractivity contribution is 7.80. The van der Waals surface area contributed by atoms with Gasteiger partial charge in [-0.25, -0.2) is 5.90 Å². The maximum absolute atomic E-state index is 5.12. The summed E-state index contributed by atoms with van der Waals surface area (Å²) < 4.78 is 0. The number of rotatable bonds is 4. The van der Waals surface area contributed by atoms with Gasteiger partial charge in [0.05, 0.1) is 6.61 Å². The number of thiocarbonyl (C=S) groups is 1. The van der Waals surface area contributed by atoms with E-state index in [2.05, 4.69) is 22.4 Å². The van der Waals surface area contributed by atoms with E-state index in [4.69, 9.17) is 11.6 Å². The minimum absolute atomic E-state index is 0.312. The van der Waals surface area contributed by atoms with Crippen molar-refractivity contribution in [3.63, 3.8) is 0 Å². The first-order chi connectivity index (χ1) is 4.27. The third kappa shape index (κ3) is 7.61. The molecule has 0 radical (unpaired) electrons. The van der Waals surface area contributed by atoms with E-state index in [9.17, 15) is 0 Å². The van der Waals surface area contributed by atoms with Crippen LogP contribution in [0.3, 0.4) is 0 Å². The van der Waals surface area contributed by atoms with Crippen LogP contribution in [-0.2, 0) is 4.84 Å². The predicted molar refractivity (Wildman–Crippen MR) is 39.5 cm³/mol. The van der Waals surface area contributed by atoms with Crippen LogP contribution in [0.15, 0.2) is 0 Å². The lowest BCUT2D eigenvalue weighted by Gasteiger charge is -2.00. The highest BCUT2D eigenvalue weighted by Gasteiger charge is 1.85. The number of hydrogen-bond donors (Lipinski definition) is 3. The van der Waals surface area contributed by atoms with Gasteiger partial charge in [-0.2, -0.15) is 0 Å². The molecular formula is C4H11N3OS. The Morgan fingerprint density at radius 1 is 1.67 bits per heavy atom. The molecular weight excluding hydrogens is 138 g/mol. The molecule has 0 saturated carbocycles. The molecule has 0 unspecified atom stereocenters. The van der Waals surface area contributed by atoms with E-state index >= 15 is 0 Å². The van der Waals surface area contributed by atoms with E-state index in [1.165, 1.54) is 0 Å². The predicted octanol–water partition coefficient (Wildman–Crippen LogP) is -0.900. The second-order valence-corrected chi connectivity index (χ2v) is 1.96. The highest BCUT2D eigenvalue weighted by Crippen LogP contribution is 1.73. The molecule has 0 aliphatic rings. The van der Waals surface area contributed by atoms with Crippen LogP contribution in [0.5, 0.6) is 0 Å². The van der Waals surface area contributed by atoms with E-state index in [1.54, 1.807) is 0 Å². The number of nitrogens with two attached hydrogens (primary N) is 2. The molecule has 0 rings (SSSR count). The smallest absolute Gasteiger partial charge is 0.163 e. The Morgan fingerprint density at radius 3 is 2.78 bits per heavy atom. The van der Waals surface area contributed by atoms with Crippen molar-refractivity contribution in [3.05, 3.63) is 0 Å². The summed E-state index contributed by atoms with van der Waals surface area (Å²) in [6, 6.07) is 0. The fraction of sp³-hybridized carbons (Fsp3) is 0.750. The third-order valence-corrected chi connectivity index (χ3v) is 0.883. The minimum atomic E-state index is 0.312. The summed E-state index contributed by atoms with van der Waals surface area (Å²) in [6.07, 6.45) is 0.813. The van der Waals surface area contributed by atoms with Gasteiger partial charge < -0.3 is 15.9 Å². The van der Waals surface area contributed by atoms with Crippen LogP contribution in [0.4, 0.5) is 0 Å². The zero-order valence-corrected chi connectivity index (χ0v) is 5.91. The SMILES string of the molecule is NOCCCNC(N)=S. The summed E-state index contributed by atoms with van der Waals surface area (Å²) >= 11 is 4.54. The number of nitrogens with one attached hydrogen (secondary N) is 1. The van der Waals surface area contributed by atoms with E-state index in [1.807, 2.05) is 0 Å². The zero-order chi connectivity index (χ0) is 7.11. The lowest BCUT2D eigenvalue weighted by Crippen LogP contribution is -2.30. The van der Waals surface area contributed by atoms with Crippen molar-refractivity contribution in [1.82, 2.24) is 5.32 Å². The molecule has 4 nitrogen and oxygen atoms in total. The normalized spacial score (nSPS) is 9.00. The first-order valence-corrected chi connectivity index (χ1v) is 3.03.